The highest BCUT2D eigenvalue weighted by atomic mass is 16.1. The molecule has 1 atom stereocenters. The lowest BCUT2D eigenvalue weighted by Gasteiger charge is -2.22. The number of fused-ring (bicyclic) bond motifs is 1. The minimum absolute atomic E-state index is 0.0168. The molecule has 3 N–H and O–H groups in total. The SMILES string of the molecule is Cc1[nH]c2cccc(C(=O)N[C@@H](c3cc(=O)[nH]c(-c4ccccn4)n3)C(C)C)c2c1C. The molecule has 0 aliphatic rings. The maximum absolute atomic E-state index is 13.3. The Morgan fingerprint density at radius 2 is 1.87 bits per heavy atom. The maximum atomic E-state index is 13.3. The van der Waals surface area contributed by atoms with Crippen LogP contribution in [0.15, 0.2) is 53.5 Å². The van der Waals surface area contributed by atoms with E-state index in [0.29, 0.717) is 22.8 Å². The highest BCUT2D eigenvalue weighted by Gasteiger charge is 2.24. The summed E-state index contributed by atoms with van der Waals surface area (Å²) in [6.45, 7) is 7.97. The number of aryl methyl sites for hydroxylation is 2. The molecule has 0 radical (unpaired) electrons. The molecule has 7 heteroatoms. The number of aromatic nitrogens is 4. The van der Waals surface area contributed by atoms with Crippen LogP contribution >= 0.6 is 0 Å². The molecule has 4 rings (SSSR count). The molecular formula is C24H25N5O2. The average Bonchev–Trinajstić information content (AvgIpc) is 3.05. The van der Waals surface area contributed by atoms with Crippen molar-refractivity contribution in [3.8, 4) is 11.5 Å². The molecule has 3 aromatic heterocycles. The molecular weight excluding hydrogens is 390 g/mol. The van der Waals surface area contributed by atoms with Crippen molar-refractivity contribution in [3.05, 3.63) is 81.5 Å². The Labute approximate surface area is 180 Å². The maximum Gasteiger partial charge on any atom is 0.252 e. The monoisotopic (exact) mass is 415 g/mol. The molecule has 0 bridgehead atoms. The van der Waals surface area contributed by atoms with E-state index in [0.717, 1.165) is 22.2 Å². The standard InChI is InChI=1S/C24H25N5O2/c1-13(2)22(19-12-20(30)28-23(27-19)18-9-5-6-11-25-18)29-24(31)16-8-7-10-17-21(16)14(3)15(4)26-17/h5-13,22,26H,1-4H3,(H,29,31)(H,27,28,30)/t22-/m1/s1. The van der Waals surface area contributed by atoms with Crippen molar-refractivity contribution >= 4 is 16.8 Å². The van der Waals surface area contributed by atoms with Crippen LogP contribution < -0.4 is 10.9 Å². The fourth-order valence-corrected chi connectivity index (χ4v) is 3.79. The summed E-state index contributed by atoms with van der Waals surface area (Å²) in [5.74, 6) is 0.193. The zero-order valence-electron chi connectivity index (χ0n) is 18.0. The second-order valence-electron chi connectivity index (χ2n) is 8.03. The fraction of sp³-hybridized carbons (Fsp3) is 0.250. The molecule has 0 fully saturated rings. The van der Waals surface area contributed by atoms with E-state index in [9.17, 15) is 9.59 Å². The van der Waals surface area contributed by atoms with Crippen molar-refractivity contribution < 1.29 is 4.79 Å². The summed E-state index contributed by atoms with van der Waals surface area (Å²) in [5, 5.41) is 4.01. The summed E-state index contributed by atoms with van der Waals surface area (Å²) < 4.78 is 0. The molecule has 0 aliphatic heterocycles. The van der Waals surface area contributed by atoms with Gasteiger partial charge < -0.3 is 15.3 Å². The van der Waals surface area contributed by atoms with E-state index >= 15 is 0 Å². The molecule has 31 heavy (non-hydrogen) atoms. The quantitative estimate of drug-likeness (QED) is 0.457. The normalized spacial score (nSPS) is 12.3. The minimum atomic E-state index is -0.437. The molecule has 3 heterocycles. The lowest BCUT2D eigenvalue weighted by atomic mass is 9.99. The van der Waals surface area contributed by atoms with E-state index in [1.165, 1.54) is 6.07 Å². The predicted molar refractivity (Wildman–Crippen MR) is 121 cm³/mol. The van der Waals surface area contributed by atoms with Crippen molar-refractivity contribution in [2.24, 2.45) is 5.92 Å². The third-order valence-corrected chi connectivity index (χ3v) is 5.51. The Hall–Kier alpha value is -3.74. The summed E-state index contributed by atoms with van der Waals surface area (Å²) in [6, 6.07) is 12.1. The first kappa shape index (κ1) is 20.5. The number of nitrogens with zero attached hydrogens (tertiary/aromatic N) is 2. The van der Waals surface area contributed by atoms with Gasteiger partial charge in [-0.2, -0.15) is 0 Å². The number of H-pyrrole nitrogens is 2. The zero-order valence-corrected chi connectivity index (χ0v) is 18.0. The highest BCUT2D eigenvalue weighted by molar-refractivity contribution is 6.08. The Morgan fingerprint density at radius 1 is 1.06 bits per heavy atom. The fourth-order valence-electron chi connectivity index (χ4n) is 3.79. The number of nitrogens with one attached hydrogen (secondary N) is 3. The van der Waals surface area contributed by atoms with Crippen LogP contribution in [0.25, 0.3) is 22.4 Å². The third-order valence-electron chi connectivity index (χ3n) is 5.51. The number of carbonyl (C=O) groups excluding carboxylic acids is 1. The smallest absolute Gasteiger partial charge is 0.252 e. The Balaban J connectivity index is 1.72. The van der Waals surface area contributed by atoms with Crippen molar-refractivity contribution in [1.29, 1.82) is 0 Å². The Bertz CT molecular complexity index is 1300. The summed E-state index contributed by atoms with van der Waals surface area (Å²) in [6.07, 6.45) is 1.64. The third kappa shape index (κ3) is 3.99. The average molecular weight is 415 g/mol. The molecule has 0 unspecified atom stereocenters. The summed E-state index contributed by atoms with van der Waals surface area (Å²) in [5.41, 5.74) is 4.39. The predicted octanol–water partition coefficient (Wildman–Crippen LogP) is 4.06. The molecule has 0 aliphatic carbocycles. The van der Waals surface area contributed by atoms with Gasteiger partial charge in [-0.3, -0.25) is 14.6 Å². The number of hydrogen-bond donors (Lipinski definition) is 3. The van der Waals surface area contributed by atoms with Crippen LogP contribution in [0, 0.1) is 19.8 Å². The minimum Gasteiger partial charge on any atom is -0.358 e. The number of hydrogen-bond acceptors (Lipinski definition) is 4. The van der Waals surface area contributed by atoms with Crippen molar-refractivity contribution in [2.45, 2.75) is 33.7 Å². The van der Waals surface area contributed by atoms with Gasteiger partial charge in [-0.25, -0.2) is 4.98 Å². The molecule has 4 aromatic rings. The summed E-state index contributed by atoms with van der Waals surface area (Å²) in [7, 11) is 0. The van der Waals surface area contributed by atoms with Gasteiger partial charge in [0, 0.05) is 34.4 Å². The highest BCUT2D eigenvalue weighted by Crippen LogP contribution is 2.27. The first-order valence-corrected chi connectivity index (χ1v) is 10.3. The van der Waals surface area contributed by atoms with Crippen molar-refractivity contribution in [1.82, 2.24) is 25.3 Å². The van der Waals surface area contributed by atoms with Gasteiger partial charge in [0.2, 0.25) is 0 Å². The number of rotatable bonds is 5. The second kappa shape index (κ2) is 8.18. The molecule has 0 saturated carbocycles. The van der Waals surface area contributed by atoms with Crippen molar-refractivity contribution in [2.75, 3.05) is 0 Å². The van der Waals surface area contributed by atoms with E-state index in [-0.39, 0.29) is 17.4 Å². The first-order valence-electron chi connectivity index (χ1n) is 10.3. The number of aromatic amines is 2. The van der Waals surface area contributed by atoms with Gasteiger partial charge in [0.15, 0.2) is 5.82 Å². The van der Waals surface area contributed by atoms with Gasteiger partial charge in [-0.15, -0.1) is 0 Å². The molecule has 0 spiro atoms. The number of pyridine rings is 1. The van der Waals surface area contributed by atoms with Crippen LogP contribution in [0.1, 0.15) is 47.2 Å². The molecule has 1 aromatic carbocycles. The van der Waals surface area contributed by atoms with Gasteiger partial charge in [-0.05, 0) is 49.6 Å². The van der Waals surface area contributed by atoms with Gasteiger partial charge in [0.1, 0.15) is 5.69 Å². The van der Waals surface area contributed by atoms with Crippen LogP contribution in [0.3, 0.4) is 0 Å². The molecule has 1 amide bonds. The van der Waals surface area contributed by atoms with E-state index in [1.54, 1.807) is 18.3 Å². The molecule has 0 saturated heterocycles. The van der Waals surface area contributed by atoms with Gasteiger partial charge in [-0.1, -0.05) is 26.0 Å². The van der Waals surface area contributed by atoms with E-state index in [4.69, 9.17) is 0 Å². The number of benzene rings is 1. The Kier molecular flexibility index (Phi) is 5.42. The number of carbonyl (C=O) groups is 1. The van der Waals surface area contributed by atoms with Crippen LogP contribution in [-0.2, 0) is 0 Å². The summed E-state index contributed by atoms with van der Waals surface area (Å²) in [4.78, 5) is 40.6. The van der Waals surface area contributed by atoms with E-state index in [2.05, 4.69) is 25.3 Å². The largest absolute Gasteiger partial charge is 0.358 e. The van der Waals surface area contributed by atoms with Crippen LogP contribution in [0.4, 0.5) is 0 Å². The number of amides is 1. The van der Waals surface area contributed by atoms with Crippen molar-refractivity contribution in [3.63, 3.8) is 0 Å². The van der Waals surface area contributed by atoms with E-state index < -0.39 is 6.04 Å². The van der Waals surface area contributed by atoms with Crippen LogP contribution in [-0.4, -0.2) is 25.8 Å². The van der Waals surface area contributed by atoms with Crippen LogP contribution in [0.5, 0.6) is 0 Å². The molecule has 158 valence electrons. The lowest BCUT2D eigenvalue weighted by molar-refractivity contribution is 0.0926. The van der Waals surface area contributed by atoms with Gasteiger partial charge in [0.05, 0.1) is 11.7 Å². The van der Waals surface area contributed by atoms with Gasteiger partial charge >= 0.3 is 0 Å². The second-order valence-corrected chi connectivity index (χ2v) is 8.03. The first-order chi connectivity index (χ1) is 14.8. The Morgan fingerprint density at radius 3 is 2.58 bits per heavy atom. The van der Waals surface area contributed by atoms with E-state index in [1.807, 2.05) is 52.0 Å². The topological polar surface area (TPSA) is 104 Å². The zero-order chi connectivity index (χ0) is 22.1. The summed E-state index contributed by atoms with van der Waals surface area (Å²) >= 11 is 0. The molecule has 7 nitrogen and oxygen atoms in total. The van der Waals surface area contributed by atoms with Gasteiger partial charge in [0.25, 0.3) is 11.5 Å². The van der Waals surface area contributed by atoms with Crippen LogP contribution in [0.2, 0.25) is 0 Å². The lowest BCUT2D eigenvalue weighted by Crippen LogP contribution is -2.33.